The van der Waals surface area contributed by atoms with Gasteiger partial charge in [-0.05, 0) is 46.0 Å². The molecular formula is C13H23NO. The van der Waals surface area contributed by atoms with E-state index in [1.54, 1.807) is 0 Å². The summed E-state index contributed by atoms with van der Waals surface area (Å²) < 4.78 is 5.45. The van der Waals surface area contributed by atoms with Gasteiger partial charge in [0.15, 0.2) is 0 Å². The standard InChI is InChI=1S/C13H23NO/c1-4-5-7-10-15-11-8-6-9-13(2,3)12-14/h4H,1,5-11H2,2-3H3. The molecule has 0 spiro atoms. The van der Waals surface area contributed by atoms with Crippen LogP contribution in [0.5, 0.6) is 0 Å². The highest BCUT2D eigenvalue weighted by Gasteiger charge is 2.15. The number of allylic oxidation sites excluding steroid dienone is 1. The van der Waals surface area contributed by atoms with Crippen LogP contribution in [0.4, 0.5) is 0 Å². The minimum absolute atomic E-state index is 0.178. The minimum Gasteiger partial charge on any atom is -0.381 e. The van der Waals surface area contributed by atoms with Gasteiger partial charge in [-0.1, -0.05) is 6.08 Å². The quantitative estimate of drug-likeness (QED) is 0.428. The van der Waals surface area contributed by atoms with Crippen LogP contribution in [0.15, 0.2) is 12.7 Å². The van der Waals surface area contributed by atoms with E-state index < -0.39 is 0 Å². The van der Waals surface area contributed by atoms with E-state index in [0.717, 1.165) is 45.3 Å². The van der Waals surface area contributed by atoms with Gasteiger partial charge >= 0.3 is 0 Å². The van der Waals surface area contributed by atoms with Crippen molar-refractivity contribution in [1.29, 1.82) is 5.26 Å². The summed E-state index contributed by atoms with van der Waals surface area (Å²) in [6, 6.07) is 2.31. The molecule has 0 radical (unpaired) electrons. The normalized spacial score (nSPS) is 11.0. The predicted molar refractivity (Wildman–Crippen MR) is 63.5 cm³/mol. The number of hydrogen-bond donors (Lipinski definition) is 0. The highest BCUT2D eigenvalue weighted by atomic mass is 16.5. The van der Waals surface area contributed by atoms with Crippen molar-refractivity contribution in [2.75, 3.05) is 13.2 Å². The highest BCUT2D eigenvalue weighted by molar-refractivity contribution is 4.91. The molecule has 0 unspecified atom stereocenters. The summed E-state index contributed by atoms with van der Waals surface area (Å²) in [4.78, 5) is 0. The summed E-state index contributed by atoms with van der Waals surface area (Å²) in [7, 11) is 0. The Kier molecular flexibility index (Phi) is 8.04. The second kappa shape index (κ2) is 8.49. The van der Waals surface area contributed by atoms with Gasteiger partial charge in [0.1, 0.15) is 0 Å². The summed E-state index contributed by atoms with van der Waals surface area (Å²) in [6.07, 6.45) is 7.09. The molecule has 2 nitrogen and oxygen atoms in total. The third kappa shape index (κ3) is 9.49. The highest BCUT2D eigenvalue weighted by Crippen LogP contribution is 2.21. The van der Waals surface area contributed by atoms with E-state index >= 15 is 0 Å². The fourth-order valence-corrected chi connectivity index (χ4v) is 1.26. The van der Waals surface area contributed by atoms with Crippen molar-refractivity contribution >= 4 is 0 Å². The lowest BCUT2D eigenvalue weighted by atomic mass is 9.89. The zero-order chi connectivity index (χ0) is 11.6. The third-order valence-corrected chi connectivity index (χ3v) is 2.34. The van der Waals surface area contributed by atoms with Crippen LogP contribution in [0.3, 0.4) is 0 Å². The number of nitriles is 1. The largest absolute Gasteiger partial charge is 0.381 e. The first-order valence-electron chi connectivity index (χ1n) is 5.72. The van der Waals surface area contributed by atoms with Crippen LogP contribution in [0.2, 0.25) is 0 Å². The lowest BCUT2D eigenvalue weighted by molar-refractivity contribution is 0.126. The monoisotopic (exact) mass is 209 g/mol. The van der Waals surface area contributed by atoms with Crippen LogP contribution in [-0.2, 0) is 4.74 Å². The Labute approximate surface area is 93.9 Å². The fraction of sp³-hybridized carbons (Fsp3) is 0.769. The summed E-state index contributed by atoms with van der Waals surface area (Å²) in [5, 5.41) is 8.80. The van der Waals surface area contributed by atoms with E-state index in [-0.39, 0.29) is 5.41 Å². The van der Waals surface area contributed by atoms with Gasteiger partial charge in [-0.3, -0.25) is 0 Å². The molecule has 15 heavy (non-hydrogen) atoms. The average molecular weight is 209 g/mol. The molecule has 0 N–H and O–H groups in total. The molecule has 2 heteroatoms. The minimum atomic E-state index is -0.178. The van der Waals surface area contributed by atoms with Gasteiger partial charge in [-0.2, -0.15) is 5.26 Å². The molecule has 86 valence electrons. The Balaban J connectivity index is 3.19. The average Bonchev–Trinajstić information content (AvgIpc) is 2.22. The molecule has 0 rings (SSSR count). The van der Waals surface area contributed by atoms with Crippen molar-refractivity contribution in [3.63, 3.8) is 0 Å². The maximum atomic E-state index is 8.80. The Hall–Kier alpha value is -0.810. The van der Waals surface area contributed by atoms with Crippen LogP contribution in [0, 0.1) is 16.7 Å². The maximum Gasteiger partial charge on any atom is 0.0683 e. The Morgan fingerprint density at radius 1 is 1.27 bits per heavy atom. The topological polar surface area (TPSA) is 33.0 Å². The lowest BCUT2D eigenvalue weighted by Crippen LogP contribution is -2.08. The molecule has 0 amide bonds. The van der Waals surface area contributed by atoms with E-state index in [4.69, 9.17) is 10.00 Å². The van der Waals surface area contributed by atoms with Crippen LogP contribution >= 0.6 is 0 Å². The van der Waals surface area contributed by atoms with E-state index in [0.29, 0.717) is 0 Å². The van der Waals surface area contributed by atoms with E-state index in [1.165, 1.54) is 0 Å². The van der Waals surface area contributed by atoms with Crippen LogP contribution in [0.1, 0.15) is 46.0 Å². The first-order chi connectivity index (χ1) is 7.12. The zero-order valence-corrected chi connectivity index (χ0v) is 10.1. The molecule has 0 heterocycles. The number of unbranched alkanes of at least 4 members (excludes halogenated alkanes) is 2. The molecule has 0 aromatic rings. The summed E-state index contributed by atoms with van der Waals surface area (Å²) in [5.74, 6) is 0. The molecule has 0 saturated heterocycles. The lowest BCUT2D eigenvalue weighted by Gasteiger charge is -2.14. The Morgan fingerprint density at radius 3 is 2.53 bits per heavy atom. The van der Waals surface area contributed by atoms with E-state index in [2.05, 4.69) is 12.6 Å². The number of ether oxygens (including phenoxy) is 1. The molecule has 0 atom stereocenters. The first kappa shape index (κ1) is 14.2. The fourth-order valence-electron chi connectivity index (χ4n) is 1.26. The van der Waals surface area contributed by atoms with Crippen LogP contribution < -0.4 is 0 Å². The number of hydrogen-bond acceptors (Lipinski definition) is 2. The van der Waals surface area contributed by atoms with Gasteiger partial charge in [0.2, 0.25) is 0 Å². The number of rotatable bonds is 9. The van der Waals surface area contributed by atoms with Gasteiger partial charge in [0.25, 0.3) is 0 Å². The van der Waals surface area contributed by atoms with Gasteiger partial charge in [-0.25, -0.2) is 0 Å². The van der Waals surface area contributed by atoms with Crippen molar-refractivity contribution in [1.82, 2.24) is 0 Å². The second-order valence-electron chi connectivity index (χ2n) is 4.50. The SMILES string of the molecule is C=CCCCOCCCCC(C)(C)C#N. The van der Waals surface area contributed by atoms with Crippen molar-refractivity contribution in [3.8, 4) is 6.07 Å². The Bertz CT molecular complexity index is 203. The molecule has 0 aromatic carbocycles. The van der Waals surface area contributed by atoms with Crippen molar-refractivity contribution in [3.05, 3.63) is 12.7 Å². The molecule has 0 aromatic heterocycles. The maximum absolute atomic E-state index is 8.80. The van der Waals surface area contributed by atoms with Gasteiger partial charge in [-0.15, -0.1) is 6.58 Å². The van der Waals surface area contributed by atoms with Crippen LogP contribution in [0.25, 0.3) is 0 Å². The van der Waals surface area contributed by atoms with E-state index in [1.807, 2.05) is 19.9 Å². The molecule has 0 aliphatic heterocycles. The smallest absolute Gasteiger partial charge is 0.0683 e. The molecule has 0 saturated carbocycles. The molecule has 0 aliphatic carbocycles. The summed E-state index contributed by atoms with van der Waals surface area (Å²) >= 11 is 0. The van der Waals surface area contributed by atoms with Crippen LogP contribution in [-0.4, -0.2) is 13.2 Å². The molecule has 0 aliphatic rings. The molecule has 0 fully saturated rings. The predicted octanol–water partition coefficient (Wildman–Crippen LogP) is 3.69. The number of nitrogens with zero attached hydrogens (tertiary/aromatic N) is 1. The molecule has 0 bridgehead atoms. The van der Waals surface area contributed by atoms with E-state index in [9.17, 15) is 0 Å². The van der Waals surface area contributed by atoms with Crippen molar-refractivity contribution in [2.45, 2.75) is 46.0 Å². The molecular weight excluding hydrogens is 186 g/mol. The second-order valence-corrected chi connectivity index (χ2v) is 4.50. The zero-order valence-electron chi connectivity index (χ0n) is 10.1. The van der Waals surface area contributed by atoms with Gasteiger partial charge in [0.05, 0.1) is 11.5 Å². The Morgan fingerprint density at radius 2 is 1.93 bits per heavy atom. The first-order valence-corrected chi connectivity index (χ1v) is 5.72. The third-order valence-electron chi connectivity index (χ3n) is 2.34. The summed E-state index contributed by atoms with van der Waals surface area (Å²) in [6.45, 7) is 9.27. The van der Waals surface area contributed by atoms with Crippen molar-refractivity contribution < 1.29 is 4.74 Å². The van der Waals surface area contributed by atoms with Crippen molar-refractivity contribution in [2.24, 2.45) is 5.41 Å². The van der Waals surface area contributed by atoms with Gasteiger partial charge in [0, 0.05) is 13.2 Å². The van der Waals surface area contributed by atoms with Gasteiger partial charge < -0.3 is 4.74 Å². The summed E-state index contributed by atoms with van der Waals surface area (Å²) in [5.41, 5.74) is -0.178.